The van der Waals surface area contributed by atoms with E-state index in [1.54, 1.807) is 48.3 Å². The highest BCUT2D eigenvalue weighted by molar-refractivity contribution is 6.36. The highest BCUT2D eigenvalue weighted by Gasteiger charge is 2.40. The fourth-order valence-electron chi connectivity index (χ4n) is 3.15. The fraction of sp³-hybridized carbons (Fsp3) is 0.238. The Morgan fingerprint density at radius 1 is 0.929 bits per heavy atom. The van der Waals surface area contributed by atoms with Crippen LogP contribution in [0, 0.1) is 0 Å². The molecule has 1 aliphatic heterocycles. The summed E-state index contributed by atoms with van der Waals surface area (Å²) in [6.07, 6.45) is 0.527. The zero-order valence-corrected chi connectivity index (χ0v) is 16.9. The largest absolute Gasteiger partial charge is 0.395 e. The minimum atomic E-state index is -0.361. The summed E-state index contributed by atoms with van der Waals surface area (Å²) in [6, 6.07) is 14.1. The maximum Gasteiger partial charge on any atom is 0.277 e. The van der Waals surface area contributed by atoms with Crippen molar-refractivity contribution in [3.8, 4) is 0 Å². The summed E-state index contributed by atoms with van der Waals surface area (Å²) in [7, 11) is 1.69. The predicted octanol–water partition coefficient (Wildman–Crippen LogP) is 3.24. The lowest BCUT2D eigenvalue weighted by Gasteiger charge is -2.20. The molecular weight excluding hydrogens is 399 g/mol. The maximum atomic E-state index is 13.1. The number of aliphatic hydroxyl groups is 1. The molecule has 2 aromatic rings. The molecule has 0 bridgehead atoms. The summed E-state index contributed by atoms with van der Waals surface area (Å²) in [5, 5.41) is 10.5. The molecule has 0 fully saturated rings. The summed E-state index contributed by atoms with van der Waals surface area (Å²) in [5.41, 5.74) is 2.22. The van der Waals surface area contributed by atoms with Gasteiger partial charge < -0.3 is 10.0 Å². The zero-order chi connectivity index (χ0) is 20.3. The van der Waals surface area contributed by atoms with Gasteiger partial charge in [0.1, 0.15) is 5.70 Å². The lowest BCUT2D eigenvalue weighted by atomic mass is 10.0. The van der Waals surface area contributed by atoms with Crippen LogP contribution < -0.4 is 0 Å². The van der Waals surface area contributed by atoms with Crippen LogP contribution in [0.5, 0.6) is 0 Å². The summed E-state index contributed by atoms with van der Waals surface area (Å²) in [5.74, 6) is -0.707. The number of hydrogen-bond acceptors (Lipinski definition) is 4. The second kappa shape index (κ2) is 8.78. The van der Waals surface area contributed by atoms with Crippen LogP contribution in [0.4, 0.5) is 0 Å². The van der Waals surface area contributed by atoms with Crippen molar-refractivity contribution < 1.29 is 14.7 Å². The maximum absolute atomic E-state index is 13.1. The number of carbonyl (C=O) groups is 2. The monoisotopic (exact) mass is 418 g/mol. The van der Waals surface area contributed by atoms with Crippen LogP contribution in [-0.4, -0.2) is 53.5 Å². The Kier molecular flexibility index (Phi) is 6.39. The molecule has 3 rings (SSSR count). The van der Waals surface area contributed by atoms with E-state index in [0.717, 1.165) is 5.56 Å². The van der Waals surface area contributed by atoms with E-state index in [2.05, 4.69) is 0 Å². The number of halogens is 2. The second-order valence-corrected chi connectivity index (χ2v) is 7.39. The van der Waals surface area contributed by atoms with Gasteiger partial charge >= 0.3 is 0 Å². The van der Waals surface area contributed by atoms with Gasteiger partial charge in [-0.1, -0.05) is 47.5 Å². The van der Waals surface area contributed by atoms with Crippen molar-refractivity contribution in [2.45, 2.75) is 6.42 Å². The van der Waals surface area contributed by atoms with E-state index < -0.39 is 0 Å². The summed E-state index contributed by atoms with van der Waals surface area (Å²) in [4.78, 5) is 29.0. The molecule has 28 heavy (non-hydrogen) atoms. The number of rotatable bonds is 7. The van der Waals surface area contributed by atoms with E-state index in [1.807, 2.05) is 12.1 Å². The summed E-state index contributed by atoms with van der Waals surface area (Å²) in [6.45, 7) is 0.378. The number of nitrogens with zero attached hydrogens (tertiary/aromatic N) is 2. The first-order chi connectivity index (χ1) is 13.4. The third-order valence-electron chi connectivity index (χ3n) is 4.63. The molecule has 0 saturated heterocycles. The van der Waals surface area contributed by atoms with Crippen LogP contribution >= 0.6 is 23.2 Å². The van der Waals surface area contributed by atoms with Crippen molar-refractivity contribution >= 4 is 40.6 Å². The number of hydrogen-bond donors (Lipinski definition) is 1. The Morgan fingerprint density at radius 2 is 1.50 bits per heavy atom. The molecule has 2 amide bonds. The third kappa shape index (κ3) is 4.22. The average Bonchev–Trinajstić information content (AvgIpc) is 2.92. The number of likely N-dealkylation sites (N-methyl/N-ethyl adjacent to an activating group) is 1. The van der Waals surface area contributed by atoms with Crippen molar-refractivity contribution in [1.82, 2.24) is 9.80 Å². The fourth-order valence-corrected chi connectivity index (χ4v) is 3.40. The zero-order valence-electron chi connectivity index (χ0n) is 15.4. The Balaban J connectivity index is 1.89. The molecule has 0 unspecified atom stereocenters. The van der Waals surface area contributed by atoms with Crippen molar-refractivity contribution in [3.05, 3.63) is 75.4 Å². The van der Waals surface area contributed by atoms with Crippen molar-refractivity contribution in [2.75, 3.05) is 26.7 Å². The van der Waals surface area contributed by atoms with Gasteiger partial charge in [0.25, 0.3) is 11.8 Å². The molecule has 1 aliphatic rings. The molecule has 1 N–H and O–H groups in total. The van der Waals surface area contributed by atoms with E-state index in [9.17, 15) is 14.7 Å². The molecular formula is C21H20Cl2N2O3. The van der Waals surface area contributed by atoms with Gasteiger partial charge in [0.2, 0.25) is 0 Å². The number of aliphatic hydroxyl groups excluding tert-OH is 1. The average molecular weight is 419 g/mol. The number of carbonyl (C=O) groups excluding carboxylic acids is 2. The molecule has 0 radical (unpaired) electrons. The van der Waals surface area contributed by atoms with Gasteiger partial charge in [-0.3, -0.25) is 14.5 Å². The molecule has 0 aliphatic carbocycles. The topological polar surface area (TPSA) is 60.9 Å². The first-order valence-electron chi connectivity index (χ1n) is 8.85. The molecule has 0 saturated carbocycles. The molecule has 0 spiro atoms. The highest BCUT2D eigenvalue weighted by Crippen LogP contribution is 2.31. The highest BCUT2D eigenvalue weighted by atomic mass is 35.5. The van der Waals surface area contributed by atoms with Crippen molar-refractivity contribution in [3.63, 3.8) is 0 Å². The lowest BCUT2D eigenvalue weighted by Crippen LogP contribution is -2.36. The minimum absolute atomic E-state index is 0.125. The Bertz CT molecular complexity index is 908. The van der Waals surface area contributed by atoms with E-state index in [-0.39, 0.29) is 37.2 Å². The molecule has 1 heterocycles. The van der Waals surface area contributed by atoms with Crippen LogP contribution in [0.1, 0.15) is 11.1 Å². The Hall–Kier alpha value is -2.34. The normalized spacial score (nSPS) is 14.2. The predicted molar refractivity (Wildman–Crippen MR) is 110 cm³/mol. The molecule has 2 aromatic carbocycles. The smallest absolute Gasteiger partial charge is 0.277 e. The molecule has 7 heteroatoms. The summed E-state index contributed by atoms with van der Waals surface area (Å²) < 4.78 is 0. The molecule has 0 aromatic heterocycles. The van der Waals surface area contributed by atoms with Gasteiger partial charge in [0.05, 0.1) is 12.2 Å². The van der Waals surface area contributed by atoms with Crippen molar-refractivity contribution in [2.24, 2.45) is 0 Å². The molecule has 5 nitrogen and oxygen atoms in total. The second-order valence-electron chi connectivity index (χ2n) is 6.51. The SMILES string of the molecule is CN(CCO)C1=C(c2ccc(Cl)cc2)C(=O)N(CCc2ccc(Cl)cc2)C1=O. The van der Waals surface area contributed by atoms with Crippen LogP contribution in [0.25, 0.3) is 5.57 Å². The van der Waals surface area contributed by atoms with Gasteiger partial charge in [-0.05, 0) is 41.8 Å². The third-order valence-corrected chi connectivity index (χ3v) is 5.13. The van der Waals surface area contributed by atoms with Crippen molar-refractivity contribution in [1.29, 1.82) is 0 Å². The molecule has 0 atom stereocenters. The van der Waals surface area contributed by atoms with E-state index in [4.69, 9.17) is 23.2 Å². The van der Waals surface area contributed by atoms with Crippen LogP contribution in [0.2, 0.25) is 10.0 Å². The number of benzene rings is 2. The van der Waals surface area contributed by atoms with E-state index >= 15 is 0 Å². The van der Waals surface area contributed by atoms with Crippen LogP contribution in [0.15, 0.2) is 54.2 Å². The molecule has 146 valence electrons. The number of imide groups is 1. The van der Waals surface area contributed by atoms with Gasteiger partial charge in [-0.25, -0.2) is 0 Å². The van der Waals surface area contributed by atoms with E-state index in [0.29, 0.717) is 27.6 Å². The van der Waals surface area contributed by atoms with Gasteiger partial charge in [-0.15, -0.1) is 0 Å². The van der Waals surface area contributed by atoms with Gasteiger partial charge in [0, 0.05) is 30.2 Å². The minimum Gasteiger partial charge on any atom is -0.395 e. The summed E-state index contributed by atoms with van der Waals surface area (Å²) >= 11 is 11.9. The van der Waals surface area contributed by atoms with Gasteiger partial charge in [0.15, 0.2) is 0 Å². The standard InChI is InChI=1S/C21H20Cl2N2O3/c1-24(12-13-26)19-18(15-4-8-17(23)9-5-15)20(27)25(21(19)28)11-10-14-2-6-16(22)7-3-14/h2-9,26H,10-13H2,1H3. The lowest BCUT2D eigenvalue weighted by molar-refractivity contribution is -0.137. The Morgan fingerprint density at radius 3 is 2.07 bits per heavy atom. The first-order valence-corrected chi connectivity index (χ1v) is 9.61. The Labute approximate surface area is 173 Å². The quantitative estimate of drug-likeness (QED) is 0.701. The number of amides is 2. The first kappa shape index (κ1) is 20.4. The van der Waals surface area contributed by atoms with Gasteiger partial charge in [-0.2, -0.15) is 0 Å². The van der Waals surface area contributed by atoms with Crippen LogP contribution in [0.3, 0.4) is 0 Å². The van der Waals surface area contributed by atoms with E-state index in [1.165, 1.54) is 4.90 Å². The van der Waals surface area contributed by atoms with Crippen LogP contribution in [-0.2, 0) is 16.0 Å².